The smallest absolute Gasteiger partial charge is 0.271 e. The van der Waals surface area contributed by atoms with Crippen LogP contribution in [-0.2, 0) is 0 Å². The number of nitrogens with one attached hydrogen (secondary N) is 1. The molecule has 25 heavy (non-hydrogen) atoms. The van der Waals surface area contributed by atoms with Crippen molar-refractivity contribution in [2.75, 3.05) is 7.11 Å². The lowest BCUT2D eigenvalue weighted by atomic mass is 10.0. The fourth-order valence-corrected chi connectivity index (χ4v) is 2.46. The van der Waals surface area contributed by atoms with Crippen molar-refractivity contribution in [3.63, 3.8) is 0 Å². The van der Waals surface area contributed by atoms with Crippen LogP contribution in [0.15, 0.2) is 59.7 Å². The highest BCUT2D eigenvalue weighted by Crippen LogP contribution is 2.27. The SMILES string of the molecule is COc1cc(C(=O)N/N=C/c2c(O)ccc3ccccc23)ccc1O. The topological polar surface area (TPSA) is 91.2 Å². The molecule has 0 spiro atoms. The van der Waals surface area contributed by atoms with E-state index >= 15 is 0 Å². The Kier molecular flexibility index (Phi) is 4.52. The molecule has 6 heteroatoms. The number of aromatic hydroxyl groups is 2. The molecule has 0 fully saturated rings. The number of ether oxygens (including phenoxy) is 1. The third-order valence-corrected chi connectivity index (χ3v) is 3.75. The number of phenols is 2. The molecular weight excluding hydrogens is 320 g/mol. The molecule has 0 aromatic heterocycles. The maximum absolute atomic E-state index is 12.1. The molecule has 3 rings (SSSR count). The van der Waals surface area contributed by atoms with Gasteiger partial charge in [-0.3, -0.25) is 4.79 Å². The Balaban J connectivity index is 1.82. The van der Waals surface area contributed by atoms with E-state index in [0.29, 0.717) is 5.56 Å². The molecular formula is C19H16N2O4. The van der Waals surface area contributed by atoms with E-state index in [-0.39, 0.29) is 22.8 Å². The van der Waals surface area contributed by atoms with E-state index in [1.165, 1.54) is 31.5 Å². The highest BCUT2D eigenvalue weighted by molar-refractivity contribution is 6.03. The second-order valence-electron chi connectivity index (χ2n) is 5.31. The molecule has 126 valence electrons. The maximum Gasteiger partial charge on any atom is 0.271 e. The van der Waals surface area contributed by atoms with Crippen LogP contribution in [0.4, 0.5) is 0 Å². The fourth-order valence-electron chi connectivity index (χ4n) is 2.46. The molecule has 0 saturated heterocycles. The van der Waals surface area contributed by atoms with Gasteiger partial charge in [0.2, 0.25) is 0 Å². The zero-order valence-corrected chi connectivity index (χ0v) is 13.4. The molecule has 6 nitrogen and oxygen atoms in total. The van der Waals surface area contributed by atoms with Gasteiger partial charge in [-0.25, -0.2) is 5.43 Å². The Bertz CT molecular complexity index is 967. The second kappa shape index (κ2) is 6.92. The van der Waals surface area contributed by atoms with E-state index in [9.17, 15) is 15.0 Å². The maximum atomic E-state index is 12.1. The van der Waals surface area contributed by atoms with Crippen molar-refractivity contribution < 1.29 is 19.7 Å². The van der Waals surface area contributed by atoms with Gasteiger partial charge in [-0.1, -0.05) is 30.3 Å². The normalized spacial score (nSPS) is 10.9. The van der Waals surface area contributed by atoms with Crippen LogP contribution >= 0.6 is 0 Å². The quantitative estimate of drug-likeness (QED) is 0.504. The summed E-state index contributed by atoms with van der Waals surface area (Å²) in [7, 11) is 1.40. The highest BCUT2D eigenvalue weighted by Gasteiger charge is 2.09. The van der Waals surface area contributed by atoms with Crippen LogP contribution < -0.4 is 10.2 Å². The number of methoxy groups -OCH3 is 1. The average molecular weight is 336 g/mol. The number of fused-ring (bicyclic) bond motifs is 1. The first kappa shape index (κ1) is 16.3. The van der Waals surface area contributed by atoms with E-state index in [1.807, 2.05) is 30.3 Å². The van der Waals surface area contributed by atoms with Crippen molar-refractivity contribution in [1.82, 2.24) is 5.43 Å². The molecule has 0 aliphatic carbocycles. The lowest BCUT2D eigenvalue weighted by Gasteiger charge is -2.06. The summed E-state index contributed by atoms with van der Waals surface area (Å²) in [4.78, 5) is 12.1. The largest absolute Gasteiger partial charge is 0.507 e. The molecule has 0 bridgehead atoms. The van der Waals surface area contributed by atoms with Gasteiger partial charge in [0.25, 0.3) is 5.91 Å². The second-order valence-corrected chi connectivity index (χ2v) is 5.31. The third kappa shape index (κ3) is 3.37. The number of hydrogen-bond acceptors (Lipinski definition) is 5. The molecule has 1 amide bonds. The highest BCUT2D eigenvalue weighted by atomic mass is 16.5. The van der Waals surface area contributed by atoms with E-state index in [0.717, 1.165) is 10.8 Å². The van der Waals surface area contributed by atoms with Crippen LogP contribution in [0.25, 0.3) is 10.8 Å². The zero-order valence-electron chi connectivity index (χ0n) is 13.4. The van der Waals surface area contributed by atoms with Gasteiger partial charge in [0.05, 0.1) is 13.3 Å². The van der Waals surface area contributed by atoms with Crippen molar-refractivity contribution in [1.29, 1.82) is 0 Å². The minimum Gasteiger partial charge on any atom is -0.507 e. The van der Waals surface area contributed by atoms with Gasteiger partial charge in [0.1, 0.15) is 5.75 Å². The Hall–Kier alpha value is -3.54. The van der Waals surface area contributed by atoms with Gasteiger partial charge in [0.15, 0.2) is 11.5 Å². The first-order valence-corrected chi connectivity index (χ1v) is 7.51. The first-order chi connectivity index (χ1) is 12.1. The lowest BCUT2D eigenvalue weighted by molar-refractivity contribution is 0.0954. The van der Waals surface area contributed by atoms with E-state index < -0.39 is 5.91 Å². The predicted molar refractivity (Wildman–Crippen MR) is 95.3 cm³/mol. The van der Waals surface area contributed by atoms with Crippen molar-refractivity contribution in [2.24, 2.45) is 5.10 Å². The average Bonchev–Trinajstić information content (AvgIpc) is 2.63. The summed E-state index contributed by atoms with van der Waals surface area (Å²) in [5, 5.41) is 25.3. The number of rotatable bonds is 4. The number of nitrogens with zero attached hydrogens (tertiary/aromatic N) is 1. The molecule has 0 aliphatic rings. The fraction of sp³-hybridized carbons (Fsp3) is 0.0526. The summed E-state index contributed by atoms with van der Waals surface area (Å²) in [5.41, 5.74) is 3.19. The van der Waals surface area contributed by atoms with Gasteiger partial charge >= 0.3 is 0 Å². The molecule has 0 heterocycles. The number of hydrogen-bond donors (Lipinski definition) is 3. The van der Waals surface area contributed by atoms with Crippen LogP contribution in [-0.4, -0.2) is 29.4 Å². The number of benzene rings is 3. The summed E-state index contributed by atoms with van der Waals surface area (Å²) in [5.74, 6) is -0.246. The molecule has 3 N–H and O–H groups in total. The number of carbonyl (C=O) groups excluding carboxylic acids is 1. The number of hydrazone groups is 1. The van der Waals surface area contributed by atoms with Crippen LogP contribution in [0.1, 0.15) is 15.9 Å². The minimum atomic E-state index is -0.464. The molecule has 0 aliphatic heterocycles. The van der Waals surface area contributed by atoms with Gasteiger partial charge in [0, 0.05) is 11.1 Å². The van der Waals surface area contributed by atoms with Crippen molar-refractivity contribution >= 4 is 22.9 Å². The number of carbonyl (C=O) groups is 1. The summed E-state index contributed by atoms with van der Waals surface area (Å²) in [6, 6.07) is 15.2. The van der Waals surface area contributed by atoms with Crippen LogP contribution in [0, 0.1) is 0 Å². The summed E-state index contributed by atoms with van der Waals surface area (Å²) < 4.78 is 4.97. The predicted octanol–water partition coefficient (Wildman–Crippen LogP) is 3.02. The monoisotopic (exact) mass is 336 g/mol. The molecule has 3 aromatic rings. The summed E-state index contributed by atoms with van der Waals surface area (Å²) in [6.45, 7) is 0. The Labute approximate surface area is 144 Å². The van der Waals surface area contributed by atoms with E-state index in [4.69, 9.17) is 4.74 Å². The van der Waals surface area contributed by atoms with E-state index in [1.54, 1.807) is 6.07 Å². The van der Waals surface area contributed by atoms with Crippen LogP contribution in [0.3, 0.4) is 0 Å². The van der Waals surface area contributed by atoms with Gasteiger partial charge in [-0.05, 0) is 35.0 Å². The summed E-state index contributed by atoms with van der Waals surface area (Å²) >= 11 is 0. The summed E-state index contributed by atoms with van der Waals surface area (Å²) in [6.07, 6.45) is 1.40. The van der Waals surface area contributed by atoms with Crippen LogP contribution in [0.2, 0.25) is 0 Å². The minimum absolute atomic E-state index is 0.0526. The van der Waals surface area contributed by atoms with Crippen molar-refractivity contribution in [2.45, 2.75) is 0 Å². The molecule has 0 saturated carbocycles. The first-order valence-electron chi connectivity index (χ1n) is 7.51. The van der Waals surface area contributed by atoms with Gasteiger partial charge in [-0.2, -0.15) is 5.10 Å². The zero-order chi connectivity index (χ0) is 17.8. The number of phenolic OH excluding ortho intramolecular Hbond substituents is 2. The van der Waals surface area contributed by atoms with Crippen LogP contribution in [0.5, 0.6) is 17.2 Å². The Morgan fingerprint density at radius 1 is 1.08 bits per heavy atom. The van der Waals surface area contributed by atoms with Gasteiger partial charge < -0.3 is 14.9 Å². The number of amides is 1. The Morgan fingerprint density at radius 2 is 1.84 bits per heavy atom. The molecule has 0 atom stereocenters. The van der Waals surface area contributed by atoms with Crippen molar-refractivity contribution in [3.05, 3.63) is 65.7 Å². The third-order valence-electron chi connectivity index (χ3n) is 3.75. The molecule has 0 unspecified atom stereocenters. The van der Waals surface area contributed by atoms with Gasteiger partial charge in [-0.15, -0.1) is 0 Å². The molecule has 0 radical (unpaired) electrons. The van der Waals surface area contributed by atoms with Crippen molar-refractivity contribution in [3.8, 4) is 17.2 Å². The Morgan fingerprint density at radius 3 is 2.64 bits per heavy atom. The van der Waals surface area contributed by atoms with E-state index in [2.05, 4.69) is 10.5 Å². The molecule has 3 aromatic carbocycles. The lowest BCUT2D eigenvalue weighted by Crippen LogP contribution is -2.17. The standard InChI is InChI=1S/C19H16N2O4/c1-25-18-10-13(7-9-17(18)23)19(24)21-20-11-15-14-5-3-2-4-12(14)6-8-16(15)22/h2-11,22-23H,1H3,(H,21,24)/b20-11+.